The fourth-order valence-corrected chi connectivity index (χ4v) is 1.95. The van der Waals surface area contributed by atoms with Crippen LogP contribution in [0.25, 0.3) is 0 Å². The molecule has 6 heteroatoms. The van der Waals surface area contributed by atoms with Crippen LogP contribution in [-0.4, -0.2) is 18.7 Å². The van der Waals surface area contributed by atoms with Gasteiger partial charge in [0, 0.05) is 5.69 Å². The van der Waals surface area contributed by atoms with E-state index in [1.165, 1.54) is 12.3 Å². The first-order valence-corrected chi connectivity index (χ1v) is 7.00. The first kappa shape index (κ1) is 15.2. The molecule has 1 amide bonds. The number of halogens is 2. The Morgan fingerprint density at radius 2 is 2.00 bits per heavy atom. The number of hydrogen-bond donors (Lipinski definition) is 2. The zero-order valence-electron chi connectivity index (χ0n) is 11.0. The summed E-state index contributed by atoms with van der Waals surface area (Å²) < 4.78 is 13.4. The SMILES string of the molecule is O=C(CNc1ccccc1)N/N=C/c1ccc(F)c(Br)c1. The minimum Gasteiger partial charge on any atom is -0.376 e. The van der Waals surface area contributed by atoms with Gasteiger partial charge in [-0.2, -0.15) is 5.10 Å². The summed E-state index contributed by atoms with van der Waals surface area (Å²) in [7, 11) is 0. The van der Waals surface area contributed by atoms with Crippen LogP contribution in [0.15, 0.2) is 58.1 Å². The van der Waals surface area contributed by atoms with Crippen molar-refractivity contribution < 1.29 is 9.18 Å². The molecule has 4 nitrogen and oxygen atoms in total. The number of carbonyl (C=O) groups excluding carboxylic acids is 1. The molecular weight excluding hydrogens is 337 g/mol. The van der Waals surface area contributed by atoms with Crippen molar-refractivity contribution in [2.24, 2.45) is 5.10 Å². The number of hydrogen-bond acceptors (Lipinski definition) is 3. The van der Waals surface area contributed by atoms with E-state index < -0.39 is 0 Å². The summed E-state index contributed by atoms with van der Waals surface area (Å²) in [6, 6.07) is 13.9. The zero-order chi connectivity index (χ0) is 15.1. The van der Waals surface area contributed by atoms with E-state index in [1.807, 2.05) is 30.3 Å². The topological polar surface area (TPSA) is 53.5 Å². The van der Waals surface area contributed by atoms with Crippen molar-refractivity contribution in [3.05, 3.63) is 64.4 Å². The quantitative estimate of drug-likeness (QED) is 0.643. The first-order valence-electron chi connectivity index (χ1n) is 6.21. The van der Waals surface area contributed by atoms with Crippen LogP contribution in [0, 0.1) is 5.82 Å². The number of rotatable bonds is 5. The maximum absolute atomic E-state index is 13.0. The lowest BCUT2D eigenvalue weighted by molar-refractivity contribution is -0.119. The molecule has 0 aliphatic rings. The molecule has 2 N–H and O–H groups in total. The average Bonchev–Trinajstić information content (AvgIpc) is 2.50. The van der Waals surface area contributed by atoms with Crippen LogP contribution in [-0.2, 0) is 4.79 Å². The zero-order valence-corrected chi connectivity index (χ0v) is 12.6. The van der Waals surface area contributed by atoms with Crippen molar-refractivity contribution in [3.8, 4) is 0 Å². The van der Waals surface area contributed by atoms with E-state index in [0.717, 1.165) is 5.69 Å². The van der Waals surface area contributed by atoms with Crippen LogP contribution in [0.4, 0.5) is 10.1 Å². The molecule has 0 aromatic heterocycles. The van der Waals surface area contributed by atoms with E-state index in [-0.39, 0.29) is 18.3 Å². The number of para-hydroxylation sites is 1. The predicted octanol–water partition coefficient (Wildman–Crippen LogP) is 3.15. The number of amides is 1. The van der Waals surface area contributed by atoms with Crippen LogP contribution in [0.2, 0.25) is 0 Å². The Hall–Kier alpha value is -2.21. The highest BCUT2D eigenvalue weighted by Gasteiger charge is 2.00. The molecule has 0 saturated carbocycles. The molecule has 2 rings (SSSR count). The van der Waals surface area contributed by atoms with E-state index in [1.54, 1.807) is 12.1 Å². The summed E-state index contributed by atoms with van der Waals surface area (Å²) in [6.45, 7) is 0.120. The standard InChI is InChI=1S/C15H13BrFN3O/c16-13-8-11(6-7-14(13)17)9-19-20-15(21)10-18-12-4-2-1-3-5-12/h1-9,18H,10H2,(H,20,21)/b19-9+. The predicted molar refractivity (Wildman–Crippen MR) is 84.8 cm³/mol. The molecule has 0 saturated heterocycles. The normalized spacial score (nSPS) is 10.6. The summed E-state index contributed by atoms with van der Waals surface area (Å²) in [4.78, 5) is 11.6. The average molecular weight is 350 g/mol. The molecule has 0 atom stereocenters. The highest BCUT2D eigenvalue weighted by Crippen LogP contribution is 2.15. The highest BCUT2D eigenvalue weighted by atomic mass is 79.9. The lowest BCUT2D eigenvalue weighted by Crippen LogP contribution is -2.25. The largest absolute Gasteiger partial charge is 0.376 e. The maximum atomic E-state index is 13.0. The van der Waals surface area contributed by atoms with Crippen molar-refractivity contribution >= 4 is 33.7 Å². The summed E-state index contributed by atoms with van der Waals surface area (Å²) in [5.74, 6) is -0.612. The Morgan fingerprint density at radius 3 is 2.71 bits per heavy atom. The molecule has 108 valence electrons. The molecule has 0 heterocycles. The molecule has 0 aliphatic heterocycles. The minimum absolute atomic E-state index is 0.120. The summed E-state index contributed by atoms with van der Waals surface area (Å²) in [6.07, 6.45) is 1.45. The van der Waals surface area contributed by atoms with Gasteiger partial charge in [-0.3, -0.25) is 4.79 Å². The van der Waals surface area contributed by atoms with E-state index in [4.69, 9.17) is 0 Å². The van der Waals surface area contributed by atoms with Gasteiger partial charge in [-0.15, -0.1) is 0 Å². The van der Waals surface area contributed by atoms with E-state index in [0.29, 0.717) is 10.0 Å². The number of nitrogens with zero attached hydrogens (tertiary/aromatic N) is 1. The minimum atomic E-state index is -0.344. The Labute approximate surface area is 130 Å². The number of hydrazone groups is 1. The molecule has 21 heavy (non-hydrogen) atoms. The van der Waals surface area contributed by atoms with Crippen LogP contribution in [0.5, 0.6) is 0 Å². The van der Waals surface area contributed by atoms with E-state index >= 15 is 0 Å². The summed E-state index contributed by atoms with van der Waals surface area (Å²) in [5, 5.41) is 6.78. The lowest BCUT2D eigenvalue weighted by atomic mass is 10.2. The Bertz CT molecular complexity index is 647. The number of nitrogens with one attached hydrogen (secondary N) is 2. The molecule has 0 aliphatic carbocycles. The van der Waals surface area contributed by atoms with Gasteiger partial charge in [0.25, 0.3) is 5.91 Å². The first-order chi connectivity index (χ1) is 10.1. The second kappa shape index (κ2) is 7.54. The summed E-state index contributed by atoms with van der Waals surface area (Å²) >= 11 is 3.08. The van der Waals surface area contributed by atoms with E-state index in [9.17, 15) is 9.18 Å². The third-order valence-electron chi connectivity index (χ3n) is 2.57. The van der Waals surface area contributed by atoms with Gasteiger partial charge < -0.3 is 5.32 Å². The molecule has 2 aromatic carbocycles. The van der Waals surface area contributed by atoms with Crippen molar-refractivity contribution in [2.45, 2.75) is 0 Å². The molecule has 2 aromatic rings. The second-order valence-corrected chi connectivity index (χ2v) is 5.04. The number of carbonyl (C=O) groups is 1. The van der Waals surface area contributed by atoms with Crippen LogP contribution < -0.4 is 10.7 Å². The van der Waals surface area contributed by atoms with Gasteiger partial charge in [0.2, 0.25) is 0 Å². The van der Waals surface area contributed by atoms with Gasteiger partial charge in [0.1, 0.15) is 5.82 Å². The smallest absolute Gasteiger partial charge is 0.259 e. The van der Waals surface area contributed by atoms with Crippen molar-refractivity contribution in [3.63, 3.8) is 0 Å². The van der Waals surface area contributed by atoms with Gasteiger partial charge in [-0.25, -0.2) is 9.82 Å². The lowest BCUT2D eigenvalue weighted by Gasteiger charge is -2.04. The molecule has 0 spiro atoms. The van der Waals surface area contributed by atoms with Gasteiger partial charge in [0.05, 0.1) is 17.2 Å². The van der Waals surface area contributed by atoms with Crippen molar-refractivity contribution in [2.75, 3.05) is 11.9 Å². The fraction of sp³-hybridized carbons (Fsp3) is 0.0667. The van der Waals surface area contributed by atoms with Crippen LogP contribution in [0.1, 0.15) is 5.56 Å². The molecular formula is C15H13BrFN3O. The van der Waals surface area contributed by atoms with Crippen molar-refractivity contribution in [1.29, 1.82) is 0 Å². The molecule has 0 fully saturated rings. The third-order valence-corrected chi connectivity index (χ3v) is 3.18. The Kier molecular flexibility index (Phi) is 5.45. The van der Waals surface area contributed by atoms with Crippen molar-refractivity contribution in [1.82, 2.24) is 5.43 Å². The van der Waals surface area contributed by atoms with Gasteiger partial charge in [-0.05, 0) is 45.8 Å². The Balaban J connectivity index is 1.80. The van der Waals surface area contributed by atoms with Gasteiger partial charge in [0.15, 0.2) is 0 Å². The monoisotopic (exact) mass is 349 g/mol. The second-order valence-electron chi connectivity index (χ2n) is 4.19. The van der Waals surface area contributed by atoms with Gasteiger partial charge >= 0.3 is 0 Å². The summed E-state index contributed by atoms with van der Waals surface area (Å²) in [5.41, 5.74) is 3.93. The fourth-order valence-electron chi connectivity index (χ4n) is 1.55. The number of benzene rings is 2. The molecule has 0 bridgehead atoms. The van der Waals surface area contributed by atoms with Crippen LogP contribution >= 0.6 is 15.9 Å². The number of anilines is 1. The molecule has 0 radical (unpaired) electrons. The Morgan fingerprint density at radius 1 is 1.24 bits per heavy atom. The third kappa shape index (κ3) is 5.00. The van der Waals surface area contributed by atoms with Crippen LogP contribution in [0.3, 0.4) is 0 Å². The van der Waals surface area contributed by atoms with E-state index in [2.05, 4.69) is 31.8 Å². The molecule has 0 unspecified atom stereocenters. The van der Waals surface area contributed by atoms with Gasteiger partial charge in [-0.1, -0.05) is 24.3 Å². The maximum Gasteiger partial charge on any atom is 0.259 e. The highest BCUT2D eigenvalue weighted by molar-refractivity contribution is 9.10.